The van der Waals surface area contributed by atoms with Gasteiger partial charge in [-0.25, -0.2) is 9.97 Å². The number of piperidine rings is 1. The third-order valence-electron chi connectivity index (χ3n) is 5.28. The van der Waals surface area contributed by atoms with Gasteiger partial charge >= 0.3 is 0 Å². The highest BCUT2D eigenvalue weighted by atomic mass is 32.1. The molecule has 1 aliphatic rings. The zero-order valence-electron chi connectivity index (χ0n) is 15.5. The van der Waals surface area contributed by atoms with Crippen LogP contribution in [0.25, 0.3) is 10.2 Å². The summed E-state index contributed by atoms with van der Waals surface area (Å²) in [7, 11) is 2.26. The molecule has 0 atom stereocenters. The topological polar surface area (TPSA) is 50.1 Å². The quantitative estimate of drug-likeness (QED) is 0.667. The second-order valence-corrected chi connectivity index (χ2v) is 8.33. The summed E-state index contributed by atoms with van der Waals surface area (Å²) in [5.41, 5.74) is 0. The van der Waals surface area contributed by atoms with Crippen molar-refractivity contribution >= 4 is 27.4 Å². The fourth-order valence-corrected chi connectivity index (χ4v) is 4.67. The normalized spacial score (nSPS) is 16.0. The third-order valence-corrected chi connectivity index (χ3v) is 6.23. The Hall–Kier alpha value is -1.99. The van der Waals surface area contributed by atoms with Crippen LogP contribution in [0.4, 0.5) is 5.82 Å². The van der Waals surface area contributed by atoms with E-state index >= 15 is 0 Å². The van der Waals surface area contributed by atoms with E-state index in [-0.39, 0.29) is 0 Å². The molecule has 4 heterocycles. The molecule has 0 radical (unpaired) electrons. The fourth-order valence-electron chi connectivity index (χ4n) is 3.83. The molecule has 3 aromatic heterocycles. The van der Waals surface area contributed by atoms with Crippen LogP contribution in [0.2, 0.25) is 0 Å². The number of aryl methyl sites for hydroxylation is 2. The maximum absolute atomic E-state index is 4.59. The maximum Gasteiger partial charge on any atom is 0.140 e. The van der Waals surface area contributed by atoms with Gasteiger partial charge in [0.15, 0.2) is 0 Å². The largest absolute Gasteiger partial charge is 0.356 e. The van der Waals surface area contributed by atoms with Crippen LogP contribution in [0.5, 0.6) is 0 Å². The molecule has 26 heavy (non-hydrogen) atoms. The van der Waals surface area contributed by atoms with E-state index in [1.165, 1.54) is 23.1 Å². The molecule has 0 bridgehead atoms. The molecule has 138 valence electrons. The second-order valence-electron chi connectivity index (χ2n) is 7.09. The van der Waals surface area contributed by atoms with E-state index in [0.717, 1.165) is 43.2 Å². The Morgan fingerprint density at radius 1 is 1.27 bits per heavy atom. The standard InChI is InChI=1S/C19H26N6S/c1-15-13-17-18(20-14-21-19(17)26-15)24-11-5-16(6-12-24)23(2)8-4-10-25-9-3-7-22-25/h3,7,9,13-14,16H,4-6,8,10-12H2,1-2H3. The summed E-state index contributed by atoms with van der Waals surface area (Å²) in [5, 5.41) is 5.49. The predicted molar refractivity (Wildman–Crippen MR) is 107 cm³/mol. The SMILES string of the molecule is Cc1cc2c(N3CCC(N(C)CCCn4cccn4)CC3)ncnc2s1. The van der Waals surface area contributed by atoms with E-state index in [1.54, 1.807) is 17.7 Å². The molecule has 0 aromatic carbocycles. The van der Waals surface area contributed by atoms with Crippen molar-refractivity contribution in [2.24, 2.45) is 0 Å². The zero-order chi connectivity index (χ0) is 17.9. The van der Waals surface area contributed by atoms with E-state index in [9.17, 15) is 0 Å². The number of nitrogens with zero attached hydrogens (tertiary/aromatic N) is 6. The van der Waals surface area contributed by atoms with Gasteiger partial charge < -0.3 is 9.80 Å². The molecule has 1 saturated heterocycles. The fraction of sp³-hybridized carbons (Fsp3) is 0.526. The molecule has 3 aromatic rings. The molecular formula is C19H26N6S. The smallest absolute Gasteiger partial charge is 0.140 e. The molecule has 1 fully saturated rings. The monoisotopic (exact) mass is 370 g/mol. The number of aromatic nitrogens is 4. The first-order valence-corrected chi connectivity index (χ1v) is 10.2. The van der Waals surface area contributed by atoms with Crippen LogP contribution >= 0.6 is 11.3 Å². The van der Waals surface area contributed by atoms with E-state index in [1.807, 2.05) is 23.1 Å². The van der Waals surface area contributed by atoms with Gasteiger partial charge in [0, 0.05) is 42.9 Å². The van der Waals surface area contributed by atoms with Gasteiger partial charge in [-0.05, 0) is 51.9 Å². The number of anilines is 1. The maximum atomic E-state index is 4.59. The minimum Gasteiger partial charge on any atom is -0.356 e. The summed E-state index contributed by atoms with van der Waals surface area (Å²) in [6.07, 6.45) is 9.10. The Labute approximate surface area is 158 Å². The average molecular weight is 371 g/mol. The van der Waals surface area contributed by atoms with Crippen molar-refractivity contribution in [3.63, 3.8) is 0 Å². The summed E-state index contributed by atoms with van der Waals surface area (Å²) in [6.45, 7) is 6.38. The number of fused-ring (bicyclic) bond motifs is 1. The summed E-state index contributed by atoms with van der Waals surface area (Å²) < 4.78 is 2.01. The molecule has 7 heteroatoms. The molecule has 4 rings (SSSR count). The first kappa shape index (κ1) is 17.4. The highest BCUT2D eigenvalue weighted by Crippen LogP contribution is 2.31. The Kier molecular flexibility index (Phi) is 5.17. The van der Waals surface area contributed by atoms with Gasteiger partial charge in [0.2, 0.25) is 0 Å². The van der Waals surface area contributed by atoms with E-state index in [2.05, 4.69) is 44.9 Å². The predicted octanol–water partition coefficient (Wildman–Crippen LogP) is 3.19. The second kappa shape index (κ2) is 7.72. The van der Waals surface area contributed by atoms with Crippen molar-refractivity contribution in [2.75, 3.05) is 31.6 Å². The molecule has 0 spiro atoms. The average Bonchev–Trinajstić information content (AvgIpc) is 3.30. The summed E-state index contributed by atoms with van der Waals surface area (Å²) in [5.74, 6) is 1.11. The first-order chi connectivity index (χ1) is 12.7. The molecule has 0 aliphatic carbocycles. The van der Waals surface area contributed by atoms with Gasteiger partial charge in [0.25, 0.3) is 0 Å². The minimum absolute atomic E-state index is 0.658. The van der Waals surface area contributed by atoms with Gasteiger partial charge in [0.1, 0.15) is 17.0 Å². The molecule has 6 nitrogen and oxygen atoms in total. The van der Waals surface area contributed by atoms with Crippen LogP contribution in [0.1, 0.15) is 24.1 Å². The lowest BCUT2D eigenvalue weighted by Gasteiger charge is -2.37. The molecule has 0 unspecified atom stereocenters. The Balaban J connectivity index is 1.31. The first-order valence-electron chi connectivity index (χ1n) is 9.34. The number of hydrogen-bond donors (Lipinski definition) is 0. The lowest BCUT2D eigenvalue weighted by molar-refractivity contribution is 0.202. The van der Waals surface area contributed by atoms with Crippen molar-refractivity contribution in [1.29, 1.82) is 0 Å². The van der Waals surface area contributed by atoms with E-state index < -0.39 is 0 Å². The lowest BCUT2D eigenvalue weighted by atomic mass is 10.0. The summed E-state index contributed by atoms with van der Waals surface area (Å²) >= 11 is 1.75. The third kappa shape index (κ3) is 3.73. The van der Waals surface area contributed by atoms with Crippen molar-refractivity contribution in [2.45, 2.75) is 38.8 Å². The Bertz CT molecular complexity index is 835. The van der Waals surface area contributed by atoms with Crippen molar-refractivity contribution in [3.8, 4) is 0 Å². The van der Waals surface area contributed by atoms with Crippen LogP contribution in [0.15, 0.2) is 30.9 Å². The van der Waals surface area contributed by atoms with E-state index in [0.29, 0.717) is 6.04 Å². The highest BCUT2D eigenvalue weighted by Gasteiger charge is 2.24. The molecule has 1 aliphatic heterocycles. The number of rotatable bonds is 6. The van der Waals surface area contributed by atoms with Crippen LogP contribution < -0.4 is 4.90 Å². The number of hydrogen-bond acceptors (Lipinski definition) is 6. The minimum atomic E-state index is 0.658. The van der Waals surface area contributed by atoms with Crippen LogP contribution in [-0.4, -0.2) is 57.4 Å². The van der Waals surface area contributed by atoms with Crippen molar-refractivity contribution in [1.82, 2.24) is 24.6 Å². The lowest BCUT2D eigenvalue weighted by Crippen LogP contribution is -2.44. The summed E-state index contributed by atoms with van der Waals surface area (Å²) in [4.78, 5) is 16.4. The number of thiophene rings is 1. The van der Waals surface area contributed by atoms with Gasteiger partial charge in [0.05, 0.1) is 5.39 Å². The zero-order valence-corrected chi connectivity index (χ0v) is 16.3. The Morgan fingerprint density at radius 2 is 2.12 bits per heavy atom. The summed E-state index contributed by atoms with van der Waals surface area (Å²) in [6, 6.07) is 4.87. The van der Waals surface area contributed by atoms with Crippen LogP contribution in [0, 0.1) is 6.92 Å². The molecular weight excluding hydrogens is 344 g/mol. The molecule has 0 saturated carbocycles. The van der Waals surface area contributed by atoms with Gasteiger partial charge in [-0.1, -0.05) is 0 Å². The van der Waals surface area contributed by atoms with E-state index in [4.69, 9.17) is 0 Å². The molecule has 0 amide bonds. The van der Waals surface area contributed by atoms with Crippen molar-refractivity contribution < 1.29 is 0 Å². The van der Waals surface area contributed by atoms with Crippen molar-refractivity contribution in [3.05, 3.63) is 35.7 Å². The van der Waals surface area contributed by atoms with Gasteiger partial charge in [-0.3, -0.25) is 4.68 Å². The highest BCUT2D eigenvalue weighted by molar-refractivity contribution is 7.18. The van der Waals surface area contributed by atoms with Gasteiger partial charge in [-0.15, -0.1) is 11.3 Å². The van der Waals surface area contributed by atoms with Crippen LogP contribution in [0.3, 0.4) is 0 Å². The van der Waals surface area contributed by atoms with Crippen LogP contribution in [-0.2, 0) is 6.54 Å². The Morgan fingerprint density at radius 3 is 2.88 bits per heavy atom. The van der Waals surface area contributed by atoms with Gasteiger partial charge in [-0.2, -0.15) is 5.10 Å². The molecule has 0 N–H and O–H groups in total.